The number of nitrogens with two attached hydrogens (primary N) is 2. The van der Waals surface area contributed by atoms with Gasteiger partial charge in [0.25, 0.3) is 0 Å². The van der Waals surface area contributed by atoms with Crippen LogP contribution >= 0.6 is 0 Å². The molecule has 0 bridgehead atoms. The van der Waals surface area contributed by atoms with Crippen LogP contribution in [0.3, 0.4) is 0 Å². The van der Waals surface area contributed by atoms with Crippen molar-refractivity contribution in [2.75, 3.05) is 41.7 Å². The van der Waals surface area contributed by atoms with Gasteiger partial charge in [-0.2, -0.15) is 5.26 Å². The number of hydrogen-bond donors (Lipinski definition) is 2. The molecular weight excluding hydrogens is 406 g/mol. The first-order valence-electron chi connectivity index (χ1n) is 11.3. The Balaban J connectivity index is 1.54. The molecule has 1 heterocycles. The molecule has 1 fully saturated rings. The zero-order chi connectivity index (χ0) is 22.8. The molecule has 5 nitrogen and oxygen atoms in total. The van der Waals surface area contributed by atoms with Gasteiger partial charge in [0.2, 0.25) is 0 Å². The molecule has 4 aromatic rings. The van der Waals surface area contributed by atoms with Crippen molar-refractivity contribution in [3.63, 3.8) is 0 Å². The van der Waals surface area contributed by atoms with Crippen LogP contribution in [0.1, 0.15) is 11.1 Å². The summed E-state index contributed by atoms with van der Waals surface area (Å²) in [6, 6.07) is 29.6. The van der Waals surface area contributed by atoms with Crippen molar-refractivity contribution in [1.29, 1.82) is 5.26 Å². The van der Waals surface area contributed by atoms with Crippen LogP contribution in [0.25, 0.3) is 21.9 Å². The Morgan fingerprint density at radius 1 is 0.788 bits per heavy atom. The van der Waals surface area contributed by atoms with Gasteiger partial charge in [-0.15, -0.1) is 0 Å². The molecule has 5 heteroatoms. The lowest BCUT2D eigenvalue weighted by atomic mass is 9.93. The third-order valence-electron chi connectivity index (χ3n) is 6.57. The predicted molar refractivity (Wildman–Crippen MR) is 137 cm³/mol. The van der Waals surface area contributed by atoms with Crippen LogP contribution in [-0.4, -0.2) is 26.2 Å². The molecule has 0 amide bonds. The second-order valence-electron chi connectivity index (χ2n) is 8.40. The maximum Gasteiger partial charge on any atom is 0.102 e. The average molecular weight is 434 g/mol. The van der Waals surface area contributed by atoms with E-state index >= 15 is 0 Å². The summed E-state index contributed by atoms with van der Waals surface area (Å²) >= 11 is 0. The summed E-state index contributed by atoms with van der Waals surface area (Å²) in [5.74, 6) is 0. The molecule has 33 heavy (non-hydrogen) atoms. The van der Waals surface area contributed by atoms with Gasteiger partial charge in [-0.25, -0.2) is 0 Å². The minimum Gasteiger partial charge on any atom is -0.398 e. The Bertz CT molecular complexity index is 1330. The number of rotatable bonds is 4. The highest BCUT2D eigenvalue weighted by Gasteiger charge is 2.24. The lowest BCUT2D eigenvalue weighted by Crippen LogP contribution is -2.46. The van der Waals surface area contributed by atoms with Crippen LogP contribution in [-0.2, 0) is 6.54 Å². The van der Waals surface area contributed by atoms with Crippen LogP contribution < -0.4 is 21.3 Å². The second-order valence-corrected chi connectivity index (χ2v) is 8.40. The highest BCUT2D eigenvalue weighted by Crippen LogP contribution is 2.38. The van der Waals surface area contributed by atoms with E-state index in [0.717, 1.165) is 53.9 Å². The van der Waals surface area contributed by atoms with Crippen molar-refractivity contribution in [2.24, 2.45) is 5.73 Å². The van der Waals surface area contributed by atoms with E-state index in [4.69, 9.17) is 11.5 Å². The van der Waals surface area contributed by atoms with Crippen molar-refractivity contribution in [2.45, 2.75) is 6.54 Å². The summed E-state index contributed by atoms with van der Waals surface area (Å²) in [6.07, 6.45) is 0. The lowest BCUT2D eigenvalue weighted by molar-refractivity contribution is 0.653. The van der Waals surface area contributed by atoms with E-state index < -0.39 is 0 Å². The van der Waals surface area contributed by atoms with E-state index in [-0.39, 0.29) is 6.54 Å². The average Bonchev–Trinajstić information content (AvgIpc) is 2.88. The summed E-state index contributed by atoms with van der Waals surface area (Å²) in [4.78, 5) is 4.68. The standard InChI is InChI=1S/C28H27N5/c29-18-25-26(19-30)28(31)24(22-11-10-20-6-4-5-7-21(20)16-22)17-27(25)33-14-12-32(13-15-33)23-8-2-1-3-9-23/h1-11,16-17H,12-15,19,30-31H2. The van der Waals surface area contributed by atoms with Gasteiger partial charge < -0.3 is 21.3 Å². The molecule has 164 valence electrons. The van der Waals surface area contributed by atoms with Crippen molar-refractivity contribution in [1.82, 2.24) is 0 Å². The molecule has 0 atom stereocenters. The van der Waals surface area contributed by atoms with Crippen molar-refractivity contribution in [3.05, 3.63) is 90.0 Å². The summed E-state index contributed by atoms with van der Waals surface area (Å²) in [5, 5.41) is 12.4. The fourth-order valence-corrected chi connectivity index (χ4v) is 4.76. The molecule has 4 aromatic carbocycles. The van der Waals surface area contributed by atoms with Crippen LogP contribution in [0.4, 0.5) is 17.1 Å². The third kappa shape index (κ3) is 3.86. The van der Waals surface area contributed by atoms with Gasteiger partial charge in [0.05, 0.1) is 11.3 Å². The number of anilines is 3. The fraction of sp³-hybridized carbons (Fsp3) is 0.179. The molecule has 0 radical (unpaired) electrons. The molecule has 0 saturated carbocycles. The van der Waals surface area contributed by atoms with Gasteiger partial charge >= 0.3 is 0 Å². The minimum atomic E-state index is 0.229. The molecule has 0 aliphatic carbocycles. The second kappa shape index (κ2) is 8.85. The topological polar surface area (TPSA) is 82.3 Å². The fourth-order valence-electron chi connectivity index (χ4n) is 4.76. The number of nitrogen functional groups attached to an aromatic ring is 1. The van der Waals surface area contributed by atoms with Gasteiger partial charge in [0.1, 0.15) is 6.07 Å². The van der Waals surface area contributed by atoms with Crippen molar-refractivity contribution >= 4 is 27.8 Å². The number of nitrogens with zero attached hydrogens (tertiary/aromatic N) is 3. The van der Waals surface area contributed by atoms with Gasteiger partial charge in [0, 0.05) is 55.2 Å². The van der Waals surface area contributed by atoms with E-state index in [9.17, 15) is 5.26 Å². The van der Waals surface area contributed by atoms with Crippen LogP contribution in [0.5, 0.6) is 0 Å². The molecular formula is C28H27N5. The monoisotopic (exact) mass is 433 g/mol. The summed E-state index contributed by atoms with van der Waals surface area (Å²) in [5.41, 5.74) is 18.7. The molecule has 1 saturated heterocycles. The smallest absolute Gasteiger partial charge is 0.102 e. The van der Waals surface area contributed by atoms with Gasteiger partial charge in [-0.1, -0.05) is 54.6 Å². The number of nitriles is 1. The zero-order valence-electron chi connectivity index (χ0n) is 18.5. The Hall–Kier alpha value is -4.01. The highest BCUT2D eigenvalue weighted by molar-refractivity contribution is 5.92. The van der Waals surface area contributed by atoms with E-state index in [2.05, 4.69) is 76.5 Å². The Kier molecular flexibility index (Phi) is 5.60. The third-order valence-corrected chi connectivity index (χ3v) is 6.57. The number of para-hydroxylation sites is 1. The molecule has 1 aliphatic rings. The summed E-state index contributed by atoms with van der Waals surface area (Å²) in [6.45, 7) is 3.67. The first kappa shape index (κ1) is 20.9. The number of benzene rings is 4. The Morgan fingerprint density at radius 3 is 2.15 bits per heavy atom. The van der Waals surface area contributed by atoms with Crippen molar-refractivity contribution < 1.29 is 0 Å². The lowest BCUT2D eigenvalue weighted by Gasteiger charge is -2.38. The molecule has 0 aromatic heterocycles. The van der Waals surface area contributed by atoms with Gasteiger partial charge in [-0.3, -0.25) is 0 Å². The van der Waals surface area contributed by atoms with Crippen LogP contribution in [0.2, 0.25) is 0 Å². The number of piperazine rings is 1. The van der Waals surface area contributed by atoms with E-state index in [1.165, 1.54) is 11.1 Å². The largest absolute Gasteiger partial charge is 0.398 e. The Morgan fingerprint density at radius 2 is 1.45 bits per heavy atom. The van der Waals surface area contributed by atoms with Gasteiger partial charge in [-0.05, 0) is 40.6 Å². The van der Waals surface area contributed by atoms with E-state index in [0.29, 0.717) is 11.3 Å². The first-order valence-corrected chi connectivity index (χ1v) is 11.3. The quantitative estimate of drug-likeness (QED) is 0.454. The maximum absolute atomic E-state index is 10.0. The van der Waals surface area contributed by atoms with Gasteiger partial charge in [0.15, 0.2) is 0 Å². The number of hydrogen-bond acceptors (Lipinski definition) is 5. The van der Waals surface area contributed by atoms with E-state index in [1.807, 2.05) is 18.2 Å². The minimum absolute atomic E-state index is 0.229. The maximum atomic E-state index is 10.0. The normalized spacial score (nSPS) is 13.8. The molecule has 1 aliphatic heterocycles. The zero-order valence-corrected chi connectivity index (χ0v) is 18.5. The molecule has 4 N–H and O–H groups in total. The number of fused-ring (bicyclic) bond motifs is 1. The SMILES string of the molecule is N#Cc1c(N2CCN(c3ccccc3)CC2)cc(-c2ccc3ccccc3c2)c(N)c1CN. The molecule has 5 rings (SSSR count). The summed E-state index contributed by atoms with van der Waals surface area (Å²) < 4.78 is 0. The van der Waals surface area contributed by atoms with Crippen LogP contribution in [0.15, 0.2) is 78.9 Å². The predicted octanol–water partition coefficient (Wildman–Crippen LogP) is 4.75. The molecule has 0 unspecified atom stereocenters. The van der Waals surface area contributed by atoms with Crippen molar-refractivity contribution in [3.8, 4) is 17.2 Å². The van der Waals surface area contributed by atoms with Crippen LogP contribution in [0, 0.1) is 11.3 Å². The first-order chi connectivity index (χ1) is 16.2. The highest BCUT2D eigenvalue weighted by atomic mass is 15.3. The van der Waals surface area contributed by atoms with E-state index in [1.54, 1.807) is 0 Å². The Labute approximate surface area is 194 Å². The molecule has 0 spiro atoms. The summed E-state index contributed by atoms with van der Waals surface area (Å²) in [7, 11) is 0.